The third kappa shape index (κ3) is 5.05. The minimum Gasteiger partial charge on any atom is -0.351 e. The Morgan fingerprint density at radius 2 is 1.73 bits per heavy atom. The van der Waals surface area contributed by atoms with Crippen LogP contribution in [-0.4, -0.2) is 63.8 Å². The number of nitrogens with one attached hydrogen (secondary N) is 1. The number of amides is 1. The molecule has 0 spiro atoms. The molecule has 0 unspecified atom stereocenters. The minimum atomic E-state index is -3.58. The van der Waals surface area contributed by atoms with Crippen LogP contribution in [0.1, 0.15) is 47.2 Å². The Morgan fingerprint density at radius 1 is 1.12 bits per heavy atom. The number of carbonyl (C=O) groups is 1. The van der Waals surface area contributed by atoms with Gasteiger partial charge in [-0.1, -0.05) is 12.8 Å². The van der Waals surface area contributed by atoms with Crippen LogP contribution >= 0.6 is 0 Å². The van der Waals surface area contributed by atoms with Crippen LogP contribution in [-0.2, 0) is 10.0 Å². The summed E-state index contributed by atoms with van der Waals surface area (Å²) in [6, 6.07) is 3.24. The van der Waals surface area contributed by atoms with Gasteiger partial charge in [0.2, 0.25) is 10.0 Å². The molecule has 2 rings (SSSR count). The number of carbonyl (C=O) groups excluding carboxylic acids is 1. The van der Waals surface area contributed by atoms with Gasteiger partial charge in [0.05, 0.1) is 4.90 Å². The van der Waals surface area contributed by atoms with Crippen LogP contribution in [0.3, 0.4) is 0 Å². The molecule has 1 aromatic rings. The summed E-state index contributed by atoms with van der Waals surface area (Å²) in [6.07, 6.45) is 5.01. The van der Waals surface area contributed by atoms with Gasteiger partial charge >= 0.3 is 0 Å². The summed E-state index contributed by atoms with van der Waals surface area (Å²) in [4.78, 5) is 15.1. The lowest BCUT2D eigenvalue weighted by Gasteiger charge is -2.20. The molecule has 146 valence electrons. The zero-order valence-corrected chi connectivity index (χ0v) is 17.2. The van der Waals surface area contributed by atoms with Crippen molar-refractivity contribution in [2.45, 2.75) is 44.4 Å². The second-order valence-corrected chi connectivity index (χ2v) is 9.34. The third-order valence-electron chi connectivity index (χ3n) is 5.05. The maximum atomic E-state index is 12.5. The maximum Gasteiger partial charge on any atom is 0.251 e. The lowest BCUT2D eigenvalue weighted by molar-refractivity contribution is 0.0948. The van der Waals surface area contributed by atoms with E-state index in [0.717, 1.165) is 25.2 Å². The molecule has 1 aliphatic heterocycles. The quantitative estimate of drug-likeness (QED) is 0.820. The maximum absolute atomic E-state index is 12.5. The molecule has 1 saturated heterocycles. The Hall–Kier alpha value is -1.44. The molecule has 26 heavy (non-hydrogen) atoms. The van der Waals surface area contributed by atoms with Crippen molar-refractivity contribution < 1.29 is 13.2 Å². The zero-order chi connectivity index (χ0) is 19.3. The number of nitrogens with zero attached hydrogens (tertiary/aromatic N) is 2. The zero-order valence-electron chi connectivity index (χ0n) is 16.3. The van der Waals surface area contributed by atoms with E-state index in [1.807, 2.05) is 6.92 Å². The molecular formula is C19H31N3O3S. The molecule has 0 aromatic heterocycles. The third-order valence-corrected chi connectivity index (χ3v) is 6.99. The fourth-order valence-corrected chi connectivity index (χ4v) is 4.43. The van der Waals surface area contributed by atoms with Crippen molar-refractivity contribution >= 4 is 15.9 Å². The highest BCUT2D eigenvalue weighted by molar-refractivity contribution is 7.89. The smallest absolute Gasteiger partial charge is 0.251 e. The minimum absolute atomic E-state index is 0.195. The first-order chi connectivity index (χ1) is 12.2. The van der Waals surface area contributed by atoms with Crippen molar-refractivity contribution in [3.63, 3.8) is 0 Å². The summed E-state index contributed by atoms with van der Waals surface area (Å²) in [6.45, 7) is 7.18. The van der Waals surface area contributed by atoms with E-state index >= 15 is 0 Å². The van der Waals surface area contributed by atoms with E-state index in [0.29, 0.717) is 17.7 Å². The van der Waals surface area contributed by atoms with Crippen LogP contribution in [0.25, 0.3) is 0 Å². The summed E-state index contributed by atoms with van der Waals surface area (Å²) < 4.78 is 26.2. The second-order valence-electron chi connectivity index (χ2n) is 7.22. The van der Waals surface area contributed by atoms with Gasteiger partial charge in [-0.05, 0) is 63.0 Å². The van der Waals surface area contributed by atoms with Gasteiger partial charge in [0.1, 0.15) is 0 Å². The van der Waals surface area contributed by atoms with Crippen LogP contribution < -0.4 is 5.32 Å². The highest BCUT2D eigenvalue weighted by Gasteiger charge is 2.23. The Kier molecular flexibility index (Phi) is 7.20. The molecule has 1 heterocycles. The molecular weight excluding hydrogens is 350 g/mol. The summed E-state index contributed by atoms with van der Waals surface area (Å²) in [7, 11) is -0.587. The predicted molar refractivity (Wildman–Crippen MR) is 104 cm³/mol. The van der Waals surface area contributed by atoms with Gasteiger partial charge in [0.25, 0.3) is 5.91 Å². The Morgan fingerprint density at radius 3 is 2.31 bits per heavy atom. The molecule has 1 fully saturated rings. The molecule has 0 atom stereocenters. The van der Waals surface area contributed by atoms with Gasteiger partial charge in [0.15, 0.2) is 0 Å². The van der Waals surface area contributed by atoms with Gasteiger partial charge in [-0.2, -0.15) is 0 Å². The molecule has 0 saturated carbocycles. The highest BCUT2D eigenvalue weighted by Crippen LogP contribution is 2.23. The molecule has 0 aliphatic carbocycles. The molecule has 1 amide bonds. The number of rotatable bonds is 6. The van der Waals surface area contributed by atoms with Crippen LogP contribution in [0.5, 0.6) is 0 Å². The number of sulfonamides is 1. The largest absolute Gasteiger partial charge is 0.351 e. The van der Waals surface area contributed by atoms with Crippen molar-refractivity contribution in [1.29, 1.82) is 0 Å². The van der Waals surface area contributed by atoms with Gasteiger partial charge in [-0.15, -0.1) is 0 Å². The van der Waals surface area contributed by atoms with Gasteiger partial charge in [0, 0.05) is 32.7 Å². The van der Waals surface area contributed by atoms with Crippen molar-refractivity contribution in [3.05, 3.63) is 28.8 Å². The topological polar surface area (TPSA) is 69.7 Å². The van der Waals surface area contributed by atoms with E-state index in [1.54, 1.807) is 13.0 Å². The first kappa shape index (κ1) is 20.9. The van der Waals surface area contributed by atoms with Crippen molar-refractivity contribution in [2.75, 3.05) is 40.3 Å². The monoisotopic (exact) mass is 381 g/mol. The number of hydrogen-bond acceptors (Lipinski definition) is 4. The predicted octanol–water partition coefficient (Wildman–Crippen LogP) is 2.16. The average molecular weight is 382 g/mol. The Balaban J connectivity index is 2.08. The number of benzene rings is 1. The van der Waals surface area contributed by atoms with Crippen LogP contribution in [0.15, 0.2) is 17.0 Å². The molecule has 1 aliphatic rings. The Bertz CT molecular complexity index is 737. The van der Waals surface area contributed by atoms with E-state index in [1.165, 1.54) is 50.2 Å². The van der Waals surface area contributed by atoms with E-state index in [2.05, 4.69) is 10.2 Å². The SMILES string of the molecule is Cc1cc(C(=O)NCCN2CCCCCC2)cc(S(=O)(=O)N(C)C)c1C. The normalized spacial score (nSPS) is 16.5. The Labute approximate surface area is 157 Å². The van der Waals surface area contributed by atoms with Crippen LogP contribution in [0, 0.1) is 13.8 Å². The molecule has 0 radical (unpaired) electrons. The lowest BCUT2D eigenvalue weighted by atomic mass is 10.1. The summed E-state index contributed by atoms with van der Waals surface area (Å²) in [5.74, 6) is -0.224. The van der Waals surface area contributed by atoms with Crippen molar-refractivity contribution in [1.82, 2.24) is 14.5 Å². The van der Waals surface area contributed by atoms with Crippen molar-refractivity contribution in [3.8, 4) is 0 Å². The number of likely N-dealkylation sites (tertiary alicyclic amines) is 1. The number of aryl methyl sites for hydroxylation is 1. The van der Waals surface area contributed by atoms with E-state index in [9.17, 15) is 13.2 Å². The first-order valence-electron chi connectivity index (χ1n) is 9.28. The van der Waals surface area contributed by atoms with Crippen molar-refractivity contribution in [2.24, 2.45) is 0 Å². The summed E-state index contributed by atoms with van der Waals surface area (Å²) in [5, 5.41) is 2.93. The van der Waals surface area contributed by atoms with E-state index < -0.39 is 10.0 Å². The van der Waals surface area contributed by atoms with Gasteiger partial charge in [-0.3, -0.25) is 4.79 Å². The van der Waals surface area contributed by atoms with Crippen LogP contribution in [0.2, 0.25) is 0 Å². The lowest BCUT2D eigenvalue weighted by Crippen LogP contribution is -2.35. The number of hydrogen-bond donors (Lipinski definition) is 1. The van der Waals surface area contributed by atoms with E-state index in [-0.39, 0.29) is 10.8 Å². The molecule has 7 heteroatoms. The van der Waals surface area contributed by atoms with Gasteiger partial charge < -0.3 is 10.2 Å². The standard InChI is InChI=1S/C19H31N3O3S/c1-15-13-17(14-18(16(15)2)26(24,25)21(3)4)19(23)20-9-12-22-10-7-5-6-8-11-22/h13-14H,5-12H2,1-4H3,(H,20,23). The van der Waals surface area contributed by atoms with Crippen LogP contribution in [0.4, 0.5) is 0 Å². The fraction of sp³-hybridized carbons (Fsp3) is 0.632. The highest BCUT2D eigenvalue weighted by atomic mass is 32.2. The average Bonchev–Trinajstić information content (AvgIpc) is 2.85. The molecule has 6 nitrogen and oxygen atoms in total. The molecule has 0 bridgehead atoms. The van der Waals surface area contributed by atoms with Gasteiger partial charge in [-0.25, -0.2) is 12.7 Å². The summed E-state index contributed by atoms with van der Waals surface area (Å²) >= 11 is 0. The first-order valence-corrected chi connectivity index (χ1v) is 10.7. The second kappa shape index (κ2) is 8.97. The summed E-state index contributed by atoms with van der Waals surface area (Å²) in [5.41, 5.74) is 1.87. The fourth-order valence-electron chi connectivity index (χ4n) is 3.21. The van der Waals surface area contributed by atoms with E-state index in [4.69, 9.17) is 0 Å². The molecule has 1 N–H and O–H groups in total. The molecule has 1 aromatic carbocycles.